The Labute approximate surface area is 156 Å². The number of para-hydroxylation sites is 1. The lowest BCUT2D eigenvalue weighted by Gasteiger charge is -2.13. The summed E-state index contributed by atoms with van der Waals surface area (Å²) < 4.78 is 10.8. The minimum Gasteiger partial charge on any atom is -0.496 e. The highest BCUT2D eigenvalue weighted by molar-refractivity contribution is 7.13. The molecule has 0 fully saturated rings. The summed E-state index contributed by atoms with van der Waals surface area (Å²) in [6.07, 6.45) is 0. The second-order valence-corrected chi connectivity index (χ2v) is 6.72. The molecule has 2 aromatic carbocycles. The van der Waals surface area contributed by atoms with Crippen molar-refractivity contribution in [3.63, 3.8) is 0 Å². The molecule has 0 saturated heterocycles. The summed E-state index contributed by atoms with van der Waals surface area (Å²) in [5.74, 6) is 0.409. The molecule has 5 nitrogen and oxygen atoms in total. The van der Waals surface area contributed by atoms with Gasteiger partial charge in [-0.05, 0) is 30.3 Å². The number of esters is 1. The van der Waals surface area contributed by atoms with E-state index >= 15 is 0 Å². The van der Waals surface area contributed by atoms with Crippen LogP contribution in [0.25, 0.3) is 10.6 Å². The van der Waals surface area contributed by atoms with E-state index in [2.05, 4.69) is 4.98 Å². The van der Waals surface area contributed by atoms with Crippen LogP contribution < -0.4 is 9.64 Å². The number of hydrogen-bond acceptors (Lipinski definition) is 6. The van der Waals surface area contributed by atoms with Crippen LogP contribution in [0.5, 0.6) is 5.75 Å². The average molecular weight is 368 g/mol. The first-order chi connectivity index (χ1) is 12.6. The molecule has 26 heavy (non-hydrogen) atoms. The molecular weight excluding hydrogens is 348 g/mol. The summed E-state index contributed by atoms with van der Waals surface area (Å²) >= 11 is 1.50. The van der Waals surface area contributed by atoms with E-state index in [1.807, 2.05) is 66.8 Å². The van der Waals surface area contributed by atoms with E-state index in [0.29, 0.717) is 11.3 Å². The Morgan fingerprint density at radius 3 is 2.73 bits per heavy atom. The summed E-state index contributed by atoms with van der Waals surface area (Å²) in [5.41, 5.74) is 3.12. The van der Waals surface area contributed by atoms with Crippen molar-refractivity contribution in [3.8, 4) is 16.3 Å². The van der Waals surface area contributed by atoms with Crippen molar-refractivity contribution >= 4 is 23.0 Å². The van der Waals surface area contributed by atoms with Gasteiger partial charge in [0, 0.05) is 25.2 Å². The zero-order valence-corrected chi connectivity index (χ0v) is 15.7. The number of aromatic nitrogens is 1. The molecule has 0 bridgehead atoms. The maximum absolute atomic E-state index is 12.3. The van der Waals surface area contributed by atoms with Gasteiger partial charge in [0.05, 0.1) is 23.9 Å². The van der Waals surface area contributed by atoms with Crippen LogP contribution in [-0.2, 0) is 11.3 Å². The molecule has 1 heterocycles. The summed E-state index contributed by atoms with van der Waals surface area (Å²) in [6, 6.07) is 15.1. The topological polar surface area (TPSA) is 51.7 Å². The van der Waals surface area contributed by atoms with Crippen LogP contribution >= 0.6 is 11.3 Å². The Morgan fingerprint density at radius 1 is 1.15 bits per heavy atom. The van der Waals surface area contributed by atoms with Gasteiger partial charge in [-0.2, -0.15) is 0 Å². The monoisotopic (exact) mass is 368 g/mol. The van der Waals surface area contributed by atoms with Crippen LogP contribution in [0.1, 0.15) is 16.1 Å². The molecule has 0 N–H and O–H groups in total. The smallest absolute Gasteiger partial charge is 0.338 e. The fourth-order valence-electron chi connectivity index (χ4n) is 2.45. The first-order valence-electron chi connectivity index (χ1n) is 8.11. The first kappa shape index (κ1) is 17.9. The molecule has 6 heteroatoms. The summed E-state index contributed by atoms with van der Waals surface area (Å²) in [7, 11) is 5.50. The largest absolute Gasteiger partial charge is 0.496 e. The molecule has 0 aliphatic heterocycles. The number of thiazole rings is 1. The van der Waals surface area contributed by atoms with Crippen molar-refractivity contribution in [3.05, 3.63) is 65.2 Å². The highest BCUT2D eigenvalue weighted by Crippen LogP contribution is 2.32. The number of nitrogens with zero attached hydrogens (tertiary/aromatic N) is 2. The van der Waals surface area contributed by atoms with Gasteiger partial charge >= 0.3 is 5.97 Å². The van der Waals surface area contributed by atoms with Gasteiger partial charge < -0.3 is 14.4 Å². The SMILES string of the molecule is COc1ccccc1-c1nc(COC(=O)c2cccc(N(C)C)c2)cs1. The fourth-order valence-corrected chi connectivity index (χ4v) is 3.29. The quantitative estimate of drug-likeness (QED) is 0.609. The number of carbonyl (C=O) groups is 1. The van der Waals surface area contributed by atoms with Gasteiger partial charge in [-0.15, -0.1) is 11.3 Å². The van der Waals surface area contributed by atoms with Crippen LogP contribution in [0.4, 0.5) is 5.69 Å². The van der Waals surface area contributed by atoms with Gasteiger partial charge in [-0.3, -0.25) is 0 Å². The molecular formula is C20H20N2O3S. The van der Waals surface area contributed by atoms with Crippen LogP contribution in [0.3, 0.4) is 0 Å². The van der Waals surface area contributed by atoms with Crippen molar-refractivity contribution in [1.82, 2.24) is 4.98 Å². The predicted molar refractivity (Wildman–Crippen MR) is 104 cm³/mol. The second-order valence-electron chi connectivity index (χ2n) is 5.87. The van der Waals surface area contributed by atoms with Gasteiger partial charge in [0.2, 0.25) is 0 Å². The Balaban J connectivity index is 1.68. The van der Waals surface area contributed by atoms with E-state index in [9.17, 15) is 4.79 Å². The van der Waals surface area contributed by atoms with Crippen molar-refractivity contribution in [2.75, 3.05) is 26.1 Å². The predicted octanol–water partition coefficient (Wildman–Crippen LogP) is 4.24. The first-order valence-corrected chi connectivity index (χ1v) is 8.98. The van der Waals surface area contributed by atoms with Crippen molar-refractivity contribution < 1.29 is 14.3 Å². The molecule has 0 aliphatic rings. The van der Waals surface area contributed by atoms with E-state index < -0.39 is 0 Å². The molecule has 0 spiro atoms. The minimum atomic E-state index is -0.361. The third-order valence-electron chi connectivity index (χ3n) is 3.84. The standard InChI is InChI=1S/C20H20N2O3S/c1-22(2)16-8-6-7-14(11-16)20(23)25-12-15-13-26-19(21-15)17-9-4-5-10-18(17)24-3/h4-11,13H,12H2,1-3H3. The molecule has 0 atom stereocenters. The van der Waals surface area contributed by atoms with Crippen LogP contribution in [0, 0.1) is 0 Å². The zero-order chi connectivity index (χ0) is 18.5. The van der Waals surface area contributed by atoms with E-state index in [1.54, 1.807) is 13.2 Å². The number of benzene rings is 2. The Bertz CT molecular complexity index is 905. The Morgan fingerprint density at radius 2 is 1.96 bits per heavy atom. The lowest BCUT2D eigenvalue weighted by atomic mass is 10.2. The van der Waals surface area contributed by atoms with E-state index in [0.717, 1.165) is 22.0 Å². The molecule has 3 aromatic rings. The van der Waals surface area contributed by atoms with Gasteiger partial charge in [0.1, 0.15) is 17.4 Å². The summed E-state index contributed by atoms with van der Waals surface area (Å²) in [4.78, 5) is 18.8. The van der Waals surface area contributed by atoms with Gasteiger partial charge in [-0.1, -0.05) is 18.2 Å². The molecule has 0 unspecified atom stereocenters. The van der Waals surface area contributed by atoms with E-state index in [4.69, 9.17) is 9.47 Å². The van der Waals surface area contributed by atoms with E-state index in [1.165, 1.54) is 11.3 Å². The number of methoxy groups -OCH3 is 1. The highest BCUT2D eigenvalue weighted by Gasteiger charge is 2.12. The van der Waals surface area contributed by atoms with Crippen LogP contribution in [-0.4, -0.2) is 32.2 Å². The molecule has 0 amide bonds. The number of anilines is 1. The van der Waals surface area contributed by atoms with Gasteiger partial charge in [-0.25, -0.2) is 9.78 Å². The molecule has 1 aromatic heterocycles. The number of ether oxygens (including phenoxy) is 2. The maximum atomic E-state index is 12.3. The summed E-state index contributed by atoms with van der Waals surface area (Å²) in [5, 5.41) is 2.73. The Hall–Kier alpha value is -2.86. The average Bonchev–Trinajstić information content (AvgIpc) is 3.15. The Kier molecular flexibility index (Phi) is 5.53. The van der Waals surface area contributed by atoms with Crippen molar-refractivity contribution in [1.29, 1.82) is 0 Å². The number of hydrogen-bond donors (Lipinski definition) is 0. The molecule has 134 valence electrons. The number of carbonyl (C=O) groups excluding carboxylic acids is 1. The third kappa shape index (κ3) is 4.03. The molecule has 0 saturated carbocycles. The molecule has 0 aliphatic carbocycles. The van der Waals surface area contributed by atoms with Crippen molar-refractivity contribution in [2.45, 2.75) is 6.61 Å². The third-order valence-corrected chi connectivity index (χ3v) is 4.76. The minimum absolute atomic E-state index is 0.136. The normalized spacial score (nSPS) is 10.4. The molecule has 0 radical (unpaired) electrons. The number of rotatable bonds is 6. The van der Waals surface area contributed by atoms with Crippen LogP contribution in [0.2, 0.25) is 0 Å². The fraction of sp³-hybridized carbons (Fsp3) is 0.200. The lowest BCUT2D eigenvalue weighted by Crippen LogP contribution is -2.11. The lowest BCUT2D eigenvalue weighted by molar-refractivity contribution is 0.0468. The van der Waals surface area contributed by atoms with Gasteiger partial charge in [0.15, 0.2) is 0 Å². The zero-order valence-electron chi connectivity index (χ0n) is 14.9. The van der Waals surface area contributed by atoms with Crippen LogP contribution in [0.15, 0.2) is 53.9 Å². The van der Waals surface area contributed by atoms with E-state index in [-0.39, 0.29) is 12.6 Å². The second kappa shape index (κ2) is 8.01. The van der Waals surface area contributed by atoms with Gasteiger partial charge in [0.25, 0.3) is 0 Å². The summed E-state index contributed by atoms with van der Waals surface area (Å²) in [6.45, 7) is 0.136. The maximum Gasteiger partial charge on any atom is 0.338 e. The molecule has 3 rings (SSSR count). The highest BCUT2D eigenvalue weighted by atomic mass is 32.1. The van der Waals surface area contributed by atoms with Crippen molar-refractivity contribution in [2.24, 2.45) is 0 Å².